The van der Waals surface area contributed by atoms with Crippen molar-refractivity contribution in [3.05, 3.63) is 60.7 Å². The van der Waals surface area contributed by atoms with E-state index in [1.165, 1.54) is 0 Å². The number of hydrogen-bond acceptors (Lipinski definition) is 2. The zero-order chi connectivity index (χ0) is 14.3. The van der Waals surface area contributed by atoms with Gasteiger partial charge in [-0.3, -0.25) is 9.59 Å². The molecule has 1 aromatic carbocycles. The highest BCUT2D eigenvalue weighted by atomic mass is 16.4. The van der Waals surface area contributed by atoms with E-state index in [0.717, 1.165) is 0 Å². The molecule has 4 heteroatoms. The highest BCUT2D eigenvalue weighted by Gasteiger charge is 2.17. The van der Waals surface area contributed by atoms with Crippen LogP contribution in [-0.2, 0) is 11.2 Å². The second kappa shape index (κ2) is 7.16. The summed E-state index contributed by atoms with van der Waals surface area (Å²) in [7, 11) is 0. The van der Waals surface area contributed by atoms with Crippen molar-refractivity contribution in [2.45, 2.75) is 6.42 Å². The number of hydrogen-bond donors (Lipinski definition) is 1. The molecule has 0 spiro atoms. The molecule has 0 aliphatic heterocycles. The first-order chi connectivity index (χ1) is 9.10. The van der Waals surface area contributed by atoms with Gasteiger partial charge in [0.2, 0.25) is 0 Å². The monoisotopic (exact) mass is 259 g/mol. The second-order valence-corrected chi connectivity index (χ2v) is 4.02. The van der Waals surface area contributed by atoms with Gasteiger partial charge in [0.25, 0.3) is 5.91 Å². The Hall–Kier alpha value is -2.36. The van der Waals surface area contributed by atoms with Gasteiger partial charge < -0.3 is 10.0 Å². The summed E-state index contributed by atoms with van der Waals surface area (Å²) in [6.07, 6.45) is 3.08. The zero-order valence-electron chi connectivity index (χ0n) is 10.7. The summed E-state index contributed by atoms with van der Waals surface area (Å²) in [5.41, 5.74) is 0.923. The van der Waals surface area contributed by atoms with Crippen LogP contribution in [0.3, 0.4) is 0 Å². The maximum Gasteiger partial charge on any atom is 0.307 e. The van der Waals surface area contributed by atoms with Crippen LogP contribution in [-0.4, -0.2) is 35.0 Å². The number of amides is 1. The Bertz CT molecular complexity index is 484. The predicted octanol–water partition coefficient (Wildman–Crippen LogP) is 2.13. The number of aliphatic carboxylic acids is 1. The lowest BCUT2D eigenvalue weighted by Gasteiger charge is -2.20. The predicted molar refractivity (Wildman–Crippen MR) is 74.1 cm³/mol. The number of carbonyl (C=O) groups is 2. The number of benzene rings is 1. The van der Waals surface area contributed by atoms with E-state index in [9.17, 15) is 9.59 Å². The van der Waals surface area contributed by atoms with Crippen molar-refractivity contribution in [3.63, 3.8) is 0 Å². The van der Waals surface area contributed by atoms with E-state index in [1.54, 1.807) is 41.3 Å². The molecule has 19 heavy (non-hydrogen) atoms. The molecule has 1 amide bonds. The van der Waals surface area contributed by atoms with Crippen molar-refractivity contribution in [1.82, 2.24) is 4.90 Å². The summed E-state index contributed by atoms with van der Waals surface area (Å²) in [6, 6.07) is 6.74. The van der Waals surface area contributed by atoms with Crippen LogP contribution in [0.1, 0.15) is 15.9 Å². The van der Waals surface area contributed by atoms with Crippen LogP contribution in [0, 0.1) is 0 Å². The molecule has 0 saturated carbocycles. The molecule has 0 radical (unpaired) electrons. The number of carboxylic acids is 1. The van der Waals surface area contributed by atoms with Crippen molar-refractivity contribution in [2.24, 2.45) is 0 Å². The fraction of sp³-hybridized carbons (Fsp3) is 0.200. The summed E-state index contributed by atoms with van der Waals surface area (Å²) in [5.74, 6) is -1.17. The molecule has 0 unspecified atom stereocenters. The van der Waals surface area contributed by atoms with Gasteiger partial charge in [0, 0.05) is 18.7 Å². The maximum atomic E-state index is 12.4. The minimum atomic E-state index is -0.959. The molecule has 1 N–H and O–H groups in total. The van der Waals surface area contributed by atoms with Crippen LogP contribution in [0.15, 0.2) is 49.6 Å². The molecular formula is C15H17NO3. The van der Waals surface area contributed by atoms with Gasteiger partial charge in [-0.05, 0) is 11.6 Å². The van der Waals surface area contributed by atoms with Crippen LogP contribution in [0.2, 0.25) is 0 Å². The molecular weight excluding hydrogens is 242 g/mol. The lowest BCUT2D eigenvalue weighted by molar-refractivity contribution is -0.136. The van der Waals surface area contributed by atoms with Crippen LogP contribution in [0.25, 0.3) is 0 Å². The van der Waals surface area contributed by atoms with Crippen molar-refractivity contribution >= 4 is 11.9 Å². The lowest BCUT2D eigenvalue weighted by Crippen LogP contribution is -2.32. The fourth-order valence-corrected chi connectivity index (χ4v) is 1.77. The van der Waals surface area contributed by atoms with Crippen molar-refractivity contribution in [3.8, 4) is 0 Å². The molecule has 0 bridgehead atoms. The maximum absolute atomic E-state index is 12.4. The smallest absolute Gasteiger partial charge is 0.307 e. The van der Waals surface area contributed by atoms with Gasteiger partial charge in [0.1, 0.15) is 0 Å². The molecule has 0 aliphatic carbocycles. The number of carbonyl (C=O) groups excluding carboxylic acids is 1. The third kappa shape index (κ3) is 4.10. The molecule has 0 atom stereocenters. The quantitative estimate of drug-likeness (QED) is 0.763. The Balaban J connectivity index is 3.05. The molecule has 0 heterocycles. The summed E-state index contributed by atoms with van der Waals surface area (Å²) in [6.45, 7) is 8.00. The van der Waals surface area contributed by atoms with Gasteiger partial charge in [-0.2, -0.15) is 0 Å². The first kappa shape index (κ1) is 14.7. The number of rotatable bonds is 7. The number of nitrogens with zero attached hydrogens (tertiary/aromatic N) is 1. The molecule has 1 rings (SSSR count). The third-order valence-corrected chi connectivity index (χ3v) is 2.58. The first-order valence-corrected chi connectivity index (χ1v) is 5.91. The summed E-state index contributed by atoms with van der Waals surface area (Å²) in [5, 5.41) is 8.86. The van der Waals surface area contributed by atoms with Gasteiger partial charge in [-0.25, -0.2) is 0 Å². The molecule has 0 aliphatic rings. The van der Waals surface area contributed by atoms with Crippen LogP contribution < -0.4 is 0 Å². The van der Waals surface area contributed by atoms with E-state index in [2.05, 4.69) is 13.2 Å². The minimum Gasteiger partial charge on any atom is -0.481 e. The zero-order valence-corrected chi connectivity index (χ0v) is 10.7. The molecule has 0 aromatic heterocycles. The summed E-state index contributed by atoms with van der Waals surface area (Å²) in [4.78, 5) is 24.7. The van der Waals surface area contributed by atoms with Gasteiger partial charge in [0.05, 0.1) is 6.42 Å². The molecule has 4 nitrogen and oxygen atoms in total. The lowest BCUT2D eigenvalue weighted by atomic mass is 10.0. The minimum absolute atomic E-state index is 0.169. The first-order valence-electron chi connectivity index (χ1n) is 5.91. The Morgan fingerprint density at radius 2 is 1.74 bits per heavy atom. The summed E-state index contributed by atoms with van der Waals surface area (Å²) < 4.78 is 0. The average Bonchev–Trinajstić information content (AvgIpc) is 2.38. The highest BCUT2D eigenvalue weighted by molar-refractivity contribution is 5.96. The molecule has 1 aromatic rings. The van der Waals surface area contributed by atoms with Crippen molar-refractivity contribution in [1.29, 1.82) is 0 Å². The largest absolute Gasteiger partial charge is 0.481 e. The average molecular weight is 259 g/mol. The van der Waals surface area contributed by atoms with Gasteiger partial charge in [0.15, 0.2) is 0 Å². The molecule has 0 fully saturated rings. The number of carboxylic acid groups (broad SMARTS) is 1. The van der Waals surface area contributed by atoms with E-state index in [-0.39, 0.29) is 12.3 Å². The van der Waals surface area contributed by atoms with E-state index in [0.29, 0.717) is 24.2 Å². The van der Waals surface area contributed by atoms with Gasteiger partial charge >= 0.3 is 5.97 Å². The molecule has 0 saturated heterocycles. The fourth-order valence-electron chi connectivity index (χ4n) is 1.77. The third-order valence-electron chi connectivity index (χ3n) is 2.58. The SMILES string of the molecule is C=CCN(CC=C)C(=O)c1ccccc1CC(=O)O. The van der Waals surface area contributed by atoms with Crippen LogP contribution >= 0.6 is 0 Å². The Labute approximate surface area is 112 Å². The van der Waals surface area contributed by atoms with E-state index in [4.69, 9.17) is 5.11 Å². The standard InChI is InChI=1S/C15H17NO3/c1-3-9-16(10-4-2)15(19)13-8-6-5-7-12(13)11-14(17)18/h3-8H,1-2,9-11H2,(H,17,18). The van der Waals surface area contributed by atoms with Gasteiger partial charge in [-0.1, -0.05) is 30.4 Å². The Kier molecular flexibility index (Phi) is 5.54. The van der Waals surface area contributed by atoms with Crippen molar-refractivity contribution in [2.75, 3.05) is 13.1 Å². The van der Waals surface area contributed by atoms with E-state index >= 15 is 0 Å². The summed E-state index contributed by atoms with van der Waals surface area (Å²) >= 11 is 0. The second-order valence-electron chi connectivity index (χ2n) is 4.02. The van der Waals surface area contributed by atoms with Crippen LogP contribution in [0.5, 0.6) is 0 Å². The molecule has 100 valence electrons. The van der Waals surface area contributed by atoms with Gasteiger partial charge in [-0.15, -0.1) is 13.2 Å². The highest BCUT2D eigenvalue weighted by Crippen LogP contribution is 2.13. The topological polar surface area (TPSA) is 57.6 Å². The Morgan fingerprint density at radius 3 is 2.26 bits per heavy atom. The Morgan fingerprint density at radius 1 is 1.16 bits per heavy atom. The van der Waals surface area contributed by atoms with E-state index in [1.807, 2.05) is 0 Å². The van der Waals surface area contributed by atoms with Crippen LogP contribution in [0.4, 0.5) is 0 Å². The van der Waals surface area contributed by atoms with E-state index < -0.39 is 5.97 Å². The van der Waals surface area contributed by atoms with Crippen molar-refractivity contribution < 1.29 is 14.7 Å². The normalized spacial score (nSPS) is 9.68.